The number of anilines is 1. The van der Waals surface area contributed by atoms with Crippen LogP contribution < -0.4 is 10.6 Å². The highest BCUT2D eigenvalue weighted by molar-refractivity contribution is 7.13. The number of thiazole rings is 1. The van der Waals surface area contributed by atoms with Crippen molar-refractivity contribution in [3.63, 3.8) is 0 Å². The van der Waals surface area contributed by atoms with Gasteiger partial charge in [0.15, 0.2) is 5.13 Å². The van der Waals surface area contributed by atoms with Gasteiger partial charge in [0.25, 0.3) is 0 Å². The number of carbonyl (C=O) groups is 2. The Morgan fingerprint density at radius 2 is 2.05 bits per heavy atom. The number of carbonyl (C=O) groups excluding carboxylic acids is 1. The van der Waals surface area contributed by atoms with E-state index in [1.54, 1.807) is 0 Å². The van der Waals surface area contributed by atoms with Crippen molar-refractivity contribution in [2.45, 2.75) is 51.0 Å². The van der Waals surface area contributed by atoms with Crippen molar-refractivity contribution in [1.29, 1.82) is 0 Å². The van der Waals surface area contributed by atoms with Gasteiger partial charge in [0.05, 0.1) is 5.69 Å². The molecule has 1 fully saturated rings. The Hall–Kier alpha value is -1.63. The molecule has 0 aliphatic heterocycles. The van der Waals surface area contributed by atoms with Gasteiger partial charge in [0.2, 0.25) is 0 Å². The molecule has 0 aromatic carbocycles. The van der Waals surface area contributed by atoms with Crippen LogP contribution in [0.2, 0.25) is 0 Å². The van der Waals surface area contributed by atoms with Gasteiger partial charge in [-0.05, 0) is 18.8 Å². The van der Waals surface area contributed by atoms with Gasteiger partial charge in [-0.3, -0.25) is 5.32 Å². The Morgan fingerprint density at radius 1 is 1.40 bits per heavy atom. The number of amides is 2. The molecule has 0 radical (unpaired) electrons. The molecule has 2 rings (SSSR count). The Balaban J connectivity index is 1.99. The first-order valence-corrected chi connectivity index (χ1v) is 7.59. The fourth-order valence-electron chi connectivity index (χ4n) is 2.33. The lowest BCUT2D eigenvalue weighted by Crippen LogP contribution is -2.53. The number of nitrogens with zero attached hydrogens (tertiary/aromatic N) is 1. The van der Waals surface area contributed by atoms with Crippen molar-refractivity contribution in [1.82, 2.24) is 10.3 Å². The third-order valence-electron chi connectivity index (χ3n) is 3.55. The first-order chi connectivity index (χ1) is 9.43. The summed E-state index contributed by atoms with van der Waals surface area (Å²) in [5, 5.41) is 16.9. The Bertz CT molecular complexity index is 507. The monoisotopic (exact) mass is 297 g/mol. The average Bonchev–Trinajstić information content (AvgIpc) is 2.98. The fourth-order valence-corrected chi connectivity index (χ4v) is 3.19. The molecule has 1 aromatic rings. The fraction of sp³-hybridized carbons (Fsp3) is 0.615. The number of carboxylic acid groups (broad SMARTS) is 1. The van der Waals surface area contributed by atoms with Crippen molar-refractivity contribution in [2.75, 3.05) is 5.32 Å². The number of rotatable bonds is 4. The lowest BCUT2D eigenvalue weighted by Gasteiger charge is -2.24. The van der Waals surface area contributed by atoms with Crippen LogP contribution >= 0.6 is 11.3 Å². The standard InChI is InChI=1S/C13H19N3O3S/c1-8(2)9-7-20-12(14-9)15-11(19)16-13(10(17)18)5-3-4-6-13/h7-8H,3-6H2,1-2H3,(H,17,18)(H2,14,15,16,19). The summed E-state index contributed by atoms with van der Waals surface area (Å²) >= 11 is 1.34. The van der Waals surface area contributed by atoms with E-state index < -0.39 is 17.5 Å². The van der Waals surface area contributed by atoms with Gasteiger partial charge < -0.3 is 10.4 Å². The summed E-state index contributed by atoms with van der Waals surface area (Å²) in [4.78, 5) is 27.6. The summed E-state index contributed by atoms with van der Waals surface area (Å²) < 4.78 is 0. The van der Waals surface area contributed by atoms with E-state index in [1.165, 1.54) is 11.3 Å². The predicted molar refractivity (Wildman–Crippen MR) is 77.2 cm³/mol. The topological polar surface area (TPSA) is 91.3 Å². The summed E-state index contributed by atoms with van der Waals surface area (Å²) in [7, 11) is 0. The van der Waals surface area contributed by atoms with E-state index in [0.717, 1.165) is 18.5 Å². The van der Waals surface area contributed by atoms with Crippen LogP contribution in [0.5, 0.6) is 0 Å². The van der Waals surface area contributed by atoms with Gasteiger partial charge in [-0.1, -0.05) is 26.7 Å². The van der Waals surface area contributed by atoms with Crippen LogP contribution in [0.3, 0.4) is 0 Å². The molecular formula is C13H19N3O3S. The third-order valence-corrected chi connectivity index (χ3v) is 4.33. The number of urea groups is 1. The Kier molecular flexibility index (Phi) is 4.27. The number of aromatic nitrogens is 1. The quantitative estimate of drug-likeness (QED) is 0.797. The largest absolute Gasteiger partial charge is 0.480 e. The van der Waals surface area contributed by atoms with Crippen LogP contribution in [-0.4, -0.2) is 27.6 Å². The summed E-state index contributed by atoms with van der Waals surface area (Å²) in [6.45, 7) is 4.05. The molecule has 20 heavy (non-hydrogen) atoms. The molecule has 1 heterocycles. The Morgan fingerprint density at radius 3 is 2.55 bits per heavy atom. The zero-order chi connectivity index (χ0) is 14.8. The highest BCUT2D eigenvalue weighted by Gasteiger charge is 2.42. The molecule has 0 bridgehead atoms. The second-order valence-electron chi connectivity index (χ2n) is 5.41. The maximum Gasteiger partial charge on any atom is 0.329 e. The van der Waals surface area contributed by atoms with E-state index >= 15 is 0 Å². The molecule has 0 unspecified atom stereocenters. The molecule has 1 aromatic heterocycles. The average molecular weight is 297 g/mol. The third kappa shape index (κ3) is 3.09. The van der Waals surface area contributed by atoms with Crippen LogP contribution in [0.15, 0.2) is 5.38 Å². The molecule has 3 N–H and O–H groups in total. The first-order valence-electron chi connectivity index (χ1n) is 6.71. The molecule has 1 aliphatic rings. The molecule has 2 amide bonds. The van der Waals surface area contributed by atoms with Gasteiger partial charge in [-0.25, -0.2) is 14.6 Å². The molecule has 1 aliphatic carbocycles. The maximum atomic E-state index is 11.9. The second kappa shape index (κ2) is 5.78. The van der Waals surface area contributed by atoms with E-state index in [-0.39, 0.29) is 0 Å². The summed E-state index contributed by atoms with van der Waals surface area (Å²) in [6.07, 6.45) is 2.60. The van der Waals surface area contributed by atoms with Crippen LogP contribution in [0.1, 0.15) is 51.1 Å². The van der Waals surface area contributed by atoms with Crippen LogP contribution in [0.25, 0.3) is 0 Å². The van der Waals surface area contributed by atoms with E-state index in [9.17, 15) is 14.7 Å². The van der Waals surface area contributed by atoms with Crippen molar-refractivity contribution in [3.8, 4) is 0 Å². The number of nitrogens with one attached hydrogen (secondary N) is 2. The van der Waals surface area contributed by atoms with E-state index in [4.69, 9.17) is 0 Å². The normalized spacial score (nSPS) is 17.1. The van der Waals surface area contributed by atoms with Gasteiger partial charge in [-0.15, -0.1) is 11.3 Å². The van der Waals surface area contributed by atoms with Crippen LogP contribution in [-0.2, 0) is 4.79 Å². The minimum absolute atomic E-state index is 0.296. The molecule has 6 nitrogen and oxygen atoms in total. The van der Waals surface area contributed by atoms with E-state index in [1.807, 2.05) is 19.2 Å². The van der Waals surface area contributed by atoms with Crippen LogP contribution in [0, 0.1) is 0 Å². The molecule has 0 atom stereocenters. The molecule has 110 valence electrons. The number of hydrogen-bond donors (Lipinski definition) is 3. The second-order valence-corrected chi connectivity index (χ2v) is 6.26. The smallest absolute Gasteiger partial charge is 0.329 e. The van der Waals surface area contributed by atoms with Crippen molar-refractivity contribution in [2.24, 2.45) is 0 Å². The zero-order valence-corrected chi connectivity index (χ0v) is 12.4. The number of hydrogen-bond acceptors (Lipinski definition) is 4. The summed E-state index contributed by atoms with van der Waals surface area (Å²) in [5.41, 5.74) is -0.207. The van der Waals surface area contributed by atoms with E-state index in [2.05, 4.69) is 15.6 Å². The predicted octanol–water partition coefficient (Wildman–Crippen LogP) is 2.79. The van der Waals surface area contributed by atoms with Gasteiger partial charge in [-0.2, -0.15) is 0 Å². The minimum atomic E-state index is -1.12. The summed E-state index contributed by atoms with van der Waals surface area (Å²) in [5.74, 6) is -0.669. The SMILES string of the molecule is CC(C)c1csc(NC(=O)NC2(C(=O)O)CCCC2)n1. The lowest BCUT2D eigenvalue weighted by molar-refractivity contribution is -0.144. The lowest BCUT2D eigenvalue weighted by atomic mass is 9.98. The highest BCUT2D eigenvalue weighted by atomic mass is 32.1. The highest BCUT2D eigenvalue weighted by Crippen LogP contribution is 2.30. The van der Waals surface area contributed by atoms with Crippen molar-refractivity contribution >= 4 is 28.5 Å². The van der Waals surface area contributed by atoms with E-state index in [0.29, 0.717) is 23.9 Å². The molecule has 0 saturated heterocycles. The van der Waals surface area contributed by atoms with Gasteiger partial charge in [0.1, 0.15) is 5.54 Å². The zero-order valence-electron chi connectivity index (χ0n) is 11.6. The van der Waals surface area contributed by atoms with Crippen LogP contribution in [0.4, 0.5) is 9.93 Å². The molecule has 7 heteroatoms. The summed E-state index contributed by atoms with van der Waals surface area (Å²) in [6, 6.07) is -0.501. The molecule has 1 saturated carbocycles. The van der Waals surface area contributed by atoms with Gasteiger partial charge in [0, 0.05) is 5.38 Å². The molecular weight excluding hydrogens is 278 g/mol. The van der Waals surface area contributed by atoms with Crippen molar-refractivity contribution in [3.05, 3.63) is 11.1 Å². The number of carboxylic acids is 1. The minimum Gasteiger partial charge on any atom is -0.480 e. The van der Waals surface area contributed by atoms with Crippen molar-refractivity contribution < 1.29 is 14.7 Å². The Labute approximate surface area is 121 Å². The molecule has 0 spiro atoms. The number of aliphatic carboxylic acids is 1. The maximum absolute atomic E-state index is 11.9. The first kappa shape index (κ1) is 14.8. The van der Waals surface area contributed by atoms with Gasteiger partial charge >= 0.3 is 12.0 Å².